The van der Waals surface area contributed by atoms with Gasteiger partial charge in [0.15, 0.2) is 5.65 Å². The maximum atomic E-state index is 9.14. The normalized spacial score (nSPS) is 11.2. The highest BCUT2D eigenvalue weighted by atomic mass is 16.3. The number of aromatic amines is 1. The number of rotatable bonds is 7. The van der Waals surface area contributed by atoms with Crippen LogP contribution in [0.1, 0.15) is 12.0 Å². The Morgan fingerprint density at radius 3 is 2.75 bits per heavy atom. The van der Waals surface area contributed by atoms with Crippen molar-refractivity contribution < 1.29 is 5.11 Å². The minimum Gasteiger partial charge on any atom is -0.396 e. The molecule has 0 spiro atoms. The molecule has 4 N–H and O–H groups in total. The van der Waals surface area contributed by atoms with Crippen molar-refractivity contribution in [2.75, 3.05) is 23.8 Å². The zero-order chi connectivity index (χ0) is 21.9. The van der Waals surface area contributed by atoms with Crippen LogP contribution in [0.2, 0.25) is 0 Å². The van der Waals surface area contributed by atoms with Crippen molar-refractivity contribution in [1.82, 2.24) is 19.9 Å². The van der Waals surface area contributed by atoms with Crippen molar-refractivity contribution in [3.63, 3.8) is 0 Å². The average molecular weight is 425 g/mol. The molecule has 7 nitrogen and oxygen atoms in total. The Morgan fingerprint density at radius 1 is 1.03 bits per heavy atom. The van der Waals surface area contributed by atoms with E-state index in [1.807, 2.05) is 49.5 Å². The second-order valence-corrected chi connectivity index (χ2v) is 7.65. The number of anilines is 3. The van der Waals surface area contributed by atoms with Crippen LogP contribution in [0.15, 0.2) is 67.1 Å². The van der Waals surface area contributed by atoms with Crippen LogP contribution < -0.4 is 10.6 Å². The first-order valence-corrected chi connectivity index (χ1v) is 10.6. The fourth-order valence-electron chi connectivity index (χ4n) is 3.92. The van der Waals surface area contributed by atoms with Gasteiger partial charge in [-0.2, -0.15) is 0 Å². The van der Waals surface area contributed by atoms with Crippen LogP contribution in [0, 0.1) is 6.92 Å². The Kier molecular flexibility index (Phi) is 5.39. The molecule has 0 atom stereocenters. The smallest absolute Gasteiger partial charge is 0.181 e. The molecule has 160 valence electrons. The fourth-order valence-corrected chi connectivity index (χ4v) is 3.92. The zero-order valence-corrected chi connectivity index (χ0v) is 17.8. The van der Waals surface area contributed by atoms with Gasteiger partial charge in [0.1, 0.15) is 11.3 Å². The molecule has 0 saturated heterocycles. The van der Waals surface area contributed by atoms with Crippen molar-refractivity contribution in [3.05, 3.63) is 72.7 Å². The number of aliphatic hydroxyl groups is 1. The van der Waals surface area contributed by atoms with Gasteiger partial charge in [-0.1, -0.05) is 30.3 Å². The lowest BCUT2D eigenvalue weighted by Gasteiger charge is -2.15. The van der Waals surface area contributed by atoms with Gasteiger partial charge in [-0.3, -0.25) is 4.98 Å². The van der Waals surface area contributed by atoms with Crippen molar-refractivity contribution >= 4 is 39.3 Å². The highest BCUT2D eigenvalue weighted by molar-refractivity contribution is 5.97. The summed E-state index contributed by atoms with van der Waals surface area (Å²) in [7, 11) is 0. The largest absolute Gasteiger partial charge is 0.396 e. The molecule has 0 radical (unpaired) electrons. The van der Waals surface area contributed by atoms with Crippen molar-refractivity contribution in [3.8, 4) is 11.1 Å². The van der Waals surface area contributed by atoms with Gasteiger partial charge in [0, 0.05) is 36.0 Å². The lowest BCUT2D eigenvalue weighted by Crippen LogP contribution is -2.08. The van der Waals surface area contributed by atoms with Crippen LogP contribution in [0.5, 0.6) is 0 Å². The predicted molar refractivity (Wildman–Crippen MR) is 129 cm³/mol. The summed E-state index contributed by atoms with van der Waals surface area (Å²) in [5.74, 6) is 0.737. The molecular formula is C25H24N6O. The Morgan fingerprint density at radius 2 is 1.91 bits per heavy atom. The summed E-state index contributed by atoms with van der Waals surface area (Å²) in [5.41, 5.74) is 7.57. The first kappa shape index (κ1) is 20.0. The Balaban J connectivity index is 1.55. The number of fused-ring (bicyclic) bond motifs is 2. The monoisotopic (exact) mass is 424 g/mol. The third-order valence-corrected chi connectivity index (χ3v) is 5.54. The van der Waals surface area contributed by atoms with Crippen molar-refractivity contribution in [2.45, 2.75) is 13.3 Å². The zero-order valence-electron chi connectivity index (χ0n) is 17.8. The van der Waals surface area contributed by atoms with Crippen LogP contribution in [-0.2, 0) is 0 Å². The predicted octanol–water partition coefficient (Wildman–Crippen LogP) is 5.02. The lowest BCUT2D eigenvalue weighted by atomic mass is 10.0. The van der Waals surface area contributed by atoms with Gasteiger partial charge in [-0.05, 0) is 48.7 Å². The molecule has 5 aromatic rings. The number of aliphatic hydroxyl groups excluding tert-OH is 1. The number of H-pyrrole nitrogens is 1. The quantitative estimate of drug-likeness (QED) is 0.274. The molecular weight excluding hydrogens is 400 g/mol. The molecule has 0 aliphatic carbocycles. The minimum absolute atomic E-state index is 0.142. The van der Waals surface area contributed by atoms with Crippen molar-refractivity contribution in [2.24, 2.45) is 0 Å². The molecule has 7 heteroatoms. The first-order valence-electron chi connectivity index (χ1n) is 10.6. The summed E-state index contributed by atoms with van der Waals surface area (Å²) in [4.78, 5) is 16.8. The van der Waals surface area contributed by atoms with Gasteiger partial charge in [-0.25, -0.2) is 9.97 Å². The Bertz CT molecular complexity index is 1380. The van der Waals surface area contributed by atoms with Crippen LogP contribution in [-0.4, -0.2) is 38.2 Å². The SMILES string of the molecule is Cc1c(Nc2ccc3nccc(-c4ccccc4)c3c2)nc2nc[nH]c2c1NCCCO. The fraction of sp³-hybridized carbons (Fsp3) is 0.160. The molecule has 5 rings (SSSR count). The van der Waals surface area contributed by atoms with Gasteiger partial charge >= 0.3 is 0 Å². The number of pyridine rings is 2. The standard InChI is InChI=1S/C25H24N6O/c1-16-22(27-11-5-13-32)23-25(29-15-28-23)31-24(16)30-18-8-9-21-20(14-18)19(10-12-26-21)17-6-3-2-4-7-17/h2-4,6-10,12,14-15,32H,5,11,13H2,1H3,(H3,27,28,29,30,31). The molecule has 2 aromatic carbocycles. The molecule has 3 aromatic heterocycles. The number of hydrogen-bond acceptors (Lipinski definition) is 6. The number of aromatic nitrogens is 4. The molecule has 0 bridgehead atoms. The number of nitrogens with zero attached hydrogens (tertiary/aromatic N) is 3. The van der Waals surface area contributed by atoms with E-state index in [4.69, 9.17) is 10.1 Å². The molecule has 0 fully saturated rings. The highest BCUT2D eigenvalue weighted by Crippen LogP contribution is 2.33. The molecule has 0 saturated carbocycles. The second-order valence-electron chi connectivity index (χ2n) is 7.65. The maximum absolute atomic E-state index is 9.14. The van der Waals surface area contributed by atoms with Crippen LogP contribution in [0.3, 0.4) is 0 Å². The van der Waals surface area contributed by atoms with Crippen LogP contribution in [0.4, 0.5) is 17.2 Å². The van der Waals surface area contributed by atoms with Gasteiger partial charge in [0.05, 0.1) is 17.5 Å². The molecule has 0 aliphatic heterocycles. The van der Waals surface area contributed by atoms with Crippen LogP contribution >= 0.6 is 0 Å². The second kappa shape index (κ2) is 8.64. The van der Waals surface area contributed by atoms with Gasteiger partial charge in [0.2, 0.25) is 0 Å². The minimum atomic E-state index is 0.142. The lowest BCUT2D eigenvalue weighted by molar-refractivity contribution is 0.292. The number of nitrogens with one attached hydrogen (secondary N) is 3. The molecule has 3 heterocycles. The molecule has 0 aliphatic rings. The first-order chi connectivity index (χ1) is 15.7. The van der Waals surface area contributed by atoms with E-state index < -0.39 is 0 Å². The van der Waals surface area contributed by atoms with Gasteiger partial charge in [0.25, 0.3) is 0 Å². The Labute approximate surface area is 185 Å². The van der Waals surface area contributed by atoms with E-state index in [-0.39, 0.29) is 6.61 Å². The van der Waals surface area contributed by atoms with E-state index in [0.717, 1.165) is 50.3 Å². The summed E-state index contributed by atoms with van der Waals surface area (Å²) in [6.07, 6.45) is 4.16. The topological polar surface area (TPSA) is 98.8 Å². The van der Waals surface area contributed by atoms with E-state index in [9.17, 15) is 0 Å². The molecule has 0 unspecified atom stereocenters. The van der Waals surface area contributed by atoms with E-state index in [1.165, 1.54) is 0 Å². The summed E-state index contributed by atoms with van der Waals surface area (Å²) in [6, 6.07) is 18.5. The highest BCUT2D eigenvalue weighted by Gasteiger charge is 2.14. The maximum Gasteiger partial charge on any atom is 0.181 e. The van der Waals surface area contributed by atoms with Gasteiger partial charge < -0.3 is 20.7 Å². The molecule has 32 heavy (non-hydrogen) atoms. The van der Waals surface area contributed by atoms with Gasteiger partial charge in [-0.15, -0.1) is 0 Å². The number of imidazole rings is 1. The van der Waals surface area contributed by atoms with E-state index in [0.29, 0.717) is 18.6 Å². The van der Waals surface area contributed by atoms with Crippen LogP contribution in [0.25, 0.3) is 33.2 Å². The van der Waals surface area contributed by atoms with E-state index in [1.54, 1.807) is 6.33 Å². The summed E-state index contributed by atoms with van der Waals surface area (Å²) in [6.45, 7) is 2.83. The third kappa shape index (κ3) is 3.74. The Hall–Kier alpha value is -3.97. The number of benzene rings is 2. The summed E-state index contributed by atoms with van der Waals surface area (Å²) < 4.78 is 0. The van der Waals surface area contributed by atoms with E-state index in [2.05, 4.69) is 43.8 Å². The van der Waals surface area contributed by atoms with Crippen molar-refractivity contribution in [1.29, 1.82) is 0 Å². The average Bonchev–Trinajstić information content (AvgIpc) is 3.29. The third-order valence-electron chi connectivity index (χ3n) is 5.54. The number of hydrogen-bond donors (Lipinski definition) is 4. The van der Waals surface area contributed by atoms with E-state index >= 15 is 0 Å². The summed E-state index contributed by atoms with van der Waals surface area (Å²) >= 11 is 0. The molecule has 0 amide bonds. The summed E-state index contributed by atoms with van der Waals surface area (Å²) in [5, 5.41) is 17.1.